The fraction of sp³-hybridized carbons (Fsp3) is 0.0952. The van der Waals surface area contributed by atoms with Crippen molar-refractivity contribution < 1.29 is 14.3 Å². The van der Waals surface area contributed by atoms with Crippen LogP contribution in [0, 0.1) is 0 Å². The van der Waals surface area contributed by atoms with Crippen molar-refractivity contribution in [2.24, 2.45) is 0 Å². The van der Waals surface area contributed by atoms with E-state index in [-0.39, 0.29) is 24.0 Å². The van der Waals surface area contributed by atoms with E-state index in [9.17, 15) is 9.59 Å². The predicted octanol–water partition coefficient (Wildman–Crippen LogP) is 2.03. The number of methoxy groups -OCH3 is 1. The molecule has 2 heterocycles. The Morgan fingerprint density at radius 3 is 2.59 bits per heavy atom. The minimum absolute atomic E-state index is 0.132. The van der Waals surface area contributed by atoms with Crippen LogP contribution < -0.4 is 15.4 Å². The van der Waals surface area contributed by atoms with Gasteiger partial charge in [-0.2, -0.15) is 4.80 Å². The van der Waals surface area contributed by atoms with Crippen molar-refractivity contribution in [1.82, 2.24) is 30.2 Å². The molecule has 0 saturated heterocycles. The van der Waals surface area contributed by atoms with Crippen LogP contribution in [0.25, 0.3) is 11.4 Å². The second-order valence-electron chi connectivity index (χ2n) is 6.51. The summed E-state index contributed by atoms with van der Waals surface area (Å²) in [5.74, 6) is 0.216. The van der Waals surface area contributed by atoms with Gasteiger partial charge in [0, 0.05) is 23.6 Å². The summed E-state index contributed by atoms with van der Waals surface area (Å²) in [4.78, 5) is 33.8. The highest BCUT2D eigenvalue weighted by Gasteiger charge is 2.15. The highest BCUT2D eigenvalue weighted by atomic mass is 16.5. The number of rotatable bonds is 7. The number of nitrogens with zero attached hydrogens (tertiary/aromatic N) is 6. The van der Waals surface area contributed by atoms with Crippen molar-refractivity contribution in [3.8, 4) is 17.1 Å². The summed E-state index contributed by atoms with van der Waals surface area (Å²) in [5.41, 5.74) is 1.82. The number of benzene rings is 2. The number of ether oxygens (including phenoxy) is 1. The molecule has 11 heteroatoms. The minimum atomic E-state index is -0.420. The topological polar surface area (TPSA) is 137 Å². The fourth-order valence-electron chi connectivity index (χ4n) is 2.81. The van der Waals surface area contributed by atoms with E-state index in [0.717, 1.165) is 0 Å². The largest absolute Gasteiger partial charge is 0.497 e. The maximum Gasteiger partial charge on any atom is 0.275 e. The summed E-state index contributed by atoms with van der Waals surface area (Å²) in [6.07, 6.45) is 4.29. The summed E-state index contributed by atoms with van der Waals surface area (Å²) in [6.45, 7) is -0.132. The van der Waals surface area contributed by atoms with Crippen molar-refractivity contribution in [1.29, 1.82) is 0 Å². The average molecular weight is 430 g/mol. The molecule has 0 bridgehead atoms. The Bertz CT molecular complexity index is 1230. The molecule has 2 N–H and O–H groups in total. The molecule has 0 fully saturated rings. The van der Waals surface area contributed by atoms with Crippen molar-refractivity contribution >= 4 is 23.2 Å². The predicted molar refractivity (Wildman–Crippen MR) is 115 cm³/mol. The number of aromatic nitrogens is 6. The number of carbonyl (C=O) groups excluding carboxylic acids is 2. The lowest BCUT2D eigenvalue weighted by atomic mass is 10.1. The maximum atomic E-state index is 12.4. The van der Waals surface area contributed by atoms with Gasteiger partial charge in [-0.05, 0) is 41.6 Å². The molecule has 0 spiro atoms. The Balaban J connectivity index is 1.45. The highest BCUT2D eigenvalue weighted by Crippen LogP contribution is 2.24. The summed E-state index contributed by atoms with van der Waals surface area (Å²) in [7, 11) is 1.57. The van der Waals surface area contributed by atoms with Gasteiger partial charge in [0.15, 0.2) is 0 Å². The second-order valence-corrected chi connectivity index (χ2v) is 6.51. The van der Waals surface area contributed by atoms with Gasteiger partial charge in [0.05, 0.1) is 19.0 Å². The molecule has 2 aromatic carbocycles. The summed E-state index contributed by atoms with van der Waals surface area (Å²) in [6, 6.07) is 13.9. The number of anilines is 2. The number of tetrazole rings is 1. The van der Waals surface area contributed by atoms with E-state index in [1.165, 1.54) is 23.4 Å². The van der Waals surface area contributed by atoms with Crippen molar-refractivity contribution in [2.45, 2.75) is 6.54 Å². The lowest BCUT2D eigenvalue weighted by Crippen LogP contribution is -2.20. The van der Waals surface area contributed by atoms with Crippen LogP contribution >= 0.6 is 0 Å². The first-order chi connectivity index (χ1) is 15.6. The maximum absolute atomic E-state index is 12.4. The van der Waals surface area contributed by atoms with Gasteiger partial charge in [0.1, 0.15) is 18.0 Å². The molecule has 0 aliphatic heterocycles. The number of amides is 2. The van der Waals surface area contributed by atoms with Gasteiger partial charge in [-0.25, -0.2) is 4.98 Å². The molecule has 0 atom stereocenters. The van der Waals surface area contributed by atoms with E-state index in [2.05, 4.69) is 36.0 Å². The molecular weight excluding hydrogens is 412 g/mol. The number of hydrogen-bond donors (Lipinski definition) is 2. The molecule has 0 saturated carbocycles. The molecule has 4 rings (SSSR count). The summed E-state index contributed by atoms with van der Waals surface area (Å²) < 4.78 is 5.10. The van der Waals surface area contributed by atoms with Crippen LogP contribution in [0.1, 0.15) is 10.5 Å². The van der Waals surface area contributed by atoms with Crippen LogP contribution in [0.4, 0.5) is 11.4 Å². The van der Waals surface area contributed by atoms with Gasteiger partial charge in [0.2, 0.25) is 11.7 Å². The second kappa shape index (κ2) is 9.43. The molecular formula is C21H18N8O3. The monoisotopic (exact) mass is 430 g/mol. The van der Waals surface area contributed by atoms with E-state index < -0.39 is 5.91 Å². The molecule has 2 amide bonds. The minimum Gasteiger partial charge on any atom is -0.497 e. The lowest BCUT2D eigenvalue weighted by Gasteiger charge is -2.08. The average Bonchev–Trinajstić information content (AvgIpc) is 3.28. The zero-order valence-electron chi connectivity index (χ0n) is 17.0. The number of carbonyl (C=O) groups is 2. The van der Waals surface area contributed by atoms with Crippen LogP contribution in [0.3, 0.4) is 0 Å². The van der Waals surface area contributed by atoms with Gasteiger partial charge >= 0.3 is 0 Å². The van der Waals surface area contributed by atoms with Crippen LogP contribution in [0.5, 0.6) is 5.75 Å². The molecule has 32 heavy (non-hydrogen) atoms. The molecule has 160 valence electrons. The number of para-hydroxylation sites is 1. The molecule has 2 aromatic heterocycles. The third-order valence-electron chi connectivity index (χ3n) is 4.32. The number of nitrogens with one attached hydrogen (secondary N) is 2. The normalized spacial score (nSPS) is 10.4. The Morgan fingerprint density at radius 2 is 1.84 bits per heavy atom. The third-order valence-corrected chi connectivity index (χ3v) is 4.32. The Hall–Kier alpha value is -4.67. The van der Waals surface area contributed by atoms with E-state index >= 15 is 0 Å². The zero-order valence-corrected chi connectivity index (χ0v) is 17.0. The molecule has 0 radical (unpaired) electrons. The van der Waals surface area contributed by atoms with E-state index in [1.54, 1.807) is 55.6 Å². The number of hydrogen-bond acceptors (Lipinski definition) is 8. The quantitative estimate of drug-likeness (QED) is 0.454. The zero-order chi connectivity index (χ0) is 22.3. The van der Waals surface area contributed by atoms with Crippen LogP contribution in [-0.4, -0.2) is 49.1 Å². The first kappa shape index (κ1) is 20.6. The van der Waals surface area contributed by atoms with E-state index in [0.29, 0.717) is 22.7 Å². The molecule has 0 aliphatic carbocycles. The smallest absolute Gasteiger partial charge is 0.275 e. The van der Waals surface area contributed by atoms with E-state index in [1.807, 2.05) is 0 Å². The van der Waals surface area contributed by atoms with Gasteiger partial charge in [0.25, 0.3) is 5.91 Å². The summed E-state index contributed by atoms with van der Waals surface area (Å²) >= 11 is 0. The van der Waals surface area contributed by atoms with Crippen LogP contribution in [0.15, 0.2) is 67.1 Å². The van der Waals surface area contributed by atoms with Crippen molar-refractivity contribution in [3.63, 3.8) is 0 Å². The molecule has 4 aromatic rings. The van der Waals surface area contributed by atoms with E-state index in [4.69, 9.17) is 4.74 Å². The molecule has 11 nitrogen and oxygen atoms in total. The van der Waals surface area contributed by atoms with Crippen molar-refractivity contribution in [2.75, 3.05) is 17.7 Å². The van der Waals surface area contributed by atoms with Crippen molar-refractivity contribution in [3.05, 3.63) is 72.8 Å². The molecule has 0 aliphatic rings. The van der Waals surface area contributed by atoms with Gasteiger partial charge in [-0.1, -0.05) is 12.1 Å². The SMILES string of the molecule is COc1ccc(NC(=O)Cn2nnc(-c3ccccc3NC(=O)c3cnccn3)n2)cc1. The fourth-order valence-corrected chi connectivity index (χ4v) is 2.81. The standard InChI is InChI=1S/C21H18N8O3/c1-32-15-8-6-14(7-9-15)24-19(30)13-29-27-20(26-28-29)16-4-2-3-5-17(16)25-21(31)18-12-22-10-11-23-18/h2-12H,13H2,1H3,(H,24,30)(H,25,31). The third kappa shape index (κ3) is 4.90. The Kier molecular flexibility index (Phi) is 6.07. The first-order valence-electron chi connectivity index (χ1n) is 9.51. The van der Waals surface area contributed by atoms with Crippen LogP contribution in [-0.2, 0) is 11.3 Å². The Labute approximate surface area is 182 Å². The van der Waals surface area contributed by atoms with Gasteiger partial charge in [-0.15, -0.1) is 10.2 Å². The first-order valence-corrected chi connectivity index (χ1v) is 9.51. The lowest BCUT2D eigenvalue weighted by molar-refractivity contribution is -0.117. The van der Waals surface area contributed by atoms with Gasteiger partial charge < -0.3 is 15.4 Å². The summed E-state index contributed by atoms with van der Waals surface area (Å²) in [5, 5.41) is 17.7. The highest BCUT2D eigenvalue weighted by molar-refractivity contribution is 6.04. The van der Waals surface area contributed by atoms with Gasteiger partial charge in [-0.3, -0.25) is 14.6 Å². The molecule has 0 unspecified atom stereocenters. The van der Waals surface area contributed by atoms with Crippen LogP contribution in [0.2, 0.25) is 0 Å². The Morgan fingerprint density at radius 1 is 1.03 bits per heavy atom.